The van der Waals surface area contributed by atoms with E-state index in [1.165, 1.54) is 15.6 Å². The molecule has 1 aliphatic rings. The van der Waals surface area contributed by atoms with Crippen molar-refractivity contribution in [2.45, 2.75) is 24.0 Å². The Morgan fingerprint density at radius 2 is 1.88 bits per heavy atom. The molecule has 7 heteroatoms. The van der Waals surface area contributed by atoms with E-state index >= 15 is 0 Å². The second-order valence-electron chi connectivity index (χ2n) is 6.66. The summed E-state index contributed by atoms with van der Waals surface area (Å²) in [5, 5.41) is 0.932. The van der Waals surface area contributed by atoms with E-state index in [1.807, 2.05) is 37.3 Å². The molecule has 3 aromatic rings. The van der Waals surface area contributed by atoms with Crippen LogP contribution in [0.4, 0.5) is 0 Å². The number of aromatic nitrogens is 1. The van der Waals surface area contributed by atoms with Crippen molar-refractivity contribution in [2.75, 3.05) is 13.1 Å². The van der Waals surface area contributed by atoms with E-state index in [9.17, 15) is 13.2 Å². The summed E-state index contributed by atoms with van der Waals surface area (Å²) in [5.41, 5.74) is 1.65. The first-order valence-corrected chi connectivity index (χ1v) is 10.9. The number of benzene rings is 1. The fraction of sp³-hybridized carbons (Fsp3) is 0.316. The Morgan fingerprint density at radius 3 is 2.58 bits per heavy atom. The molecule has 0 unspecified atom stereocenters. The van der Waals surface area contributed by atoms with Gasteiger partial charge < -0.3 is 4.98 Å². The predicted octanol–water partition coefficient (Wildman–Crippen LogP) is 3.82. The molecule has 0 saturated carbocycles. The molecule has 1 N–H and O–H groups in total. The molecule has 1 saturated heterocycles. The number of ketones is 1. The number of H-pyrrole nitrogens is 1. The fourth-order valence-electron chi connectivity index (χ4n) is 3.53. The molecule has 0 bridgehead atoms. The molecule has 0 radical (unpaired) electrons. The van der Waals surface area contributed by atoms with E-state index in [0.717, 1.165) is 15.8 Å². The summed E-state index contributed by atoms with van der Waals surface area (Å²) in [4.78, 5) is 17.0. The zero-order valence-corrected chi connectivity index (χ0v) is 16.1. The van der Waals surface area contributed by atoms with Gasteiger partial charge in [-0.05, 0) is 38.0 Å². The van der Waals surface area contributed by atoms with Gasteiger partial charge in [-0.2, -0.15) is 4.31 Å². The highest BCUT2D eigenvalue weighted by molar-refractivity contribution is 7.91. The molecular formula is C19H20N2O3S2. The van der Waals surface area contributed by atoms with Crippen molar-refractivity contribution in [3.63, 3.8) is 0 Å². The maximum Gasteiger partial charge on any atom is 0.252 e. The number of sulfonamides is 1. The number of hydrogen-bond donors (Lipinski definition) is 1. The predicted molar refractivity (Wildman–Crippen MR) is 103 cm³/mol. The Morgan fingerprint density at radius 1 is 1.15 bits per heavy atom. The number of carbonyl (C=O) groups is 1. The summed E-state index contributed by atoms with van der Waals surface area (Å²) in [5.74, 6) is -0.0304. The van der Waals surface area contributed by atoms with Gasteiger partial charge in [-0.3, -0.25) is 4.79 Å². The van der Waals surface area contributed by atoms with E-state index in [1.54, 1.807) is 12.3 Å². The average Bonchev–Trinajstić information content (AvgIpc) is 3.28. The number of aromatic amines is 1. The zero-order chi connectivity index (χ0) is 18.3. The van der Waals surface area contributed by atoms with Crippen LogP contribution in [0.15, 0.2) is 46.8 Å². The molecule has 1 aliphatic heterocycles. The molecule has 4 rings (SSSR count). The minimum Gasteiger partial charge on any atom is -0.360 e. The summed E-state index contributed by atoms with van der Waals surface area (Å²) in [6, 6.07) is 11.2. The lowest BCUT2D eigenvalue weighted by atomic mass is 9.89. The monoisotopic (exact) mass is 388 g/mol. The lowest BCUT2D eigenvalue weighted by Crippen LogP contribution is -2.40. The van der Waals surface area contributed by atoms with Gasteiger partial charge in [0.25, 0.3) is 10.0 Å². The van der Waals surface area contributed by atoms with Gasteiger partial charge >= 0.3 is 0 Å². The molecule has 2 aromatic heterocycles. The zero-order valence-electron chi connectivity index (χ0n) is 14.4. The van der Waals surface area contributed by atoms with Crippen LogP contribution in [0.3, 0.4) is 0 Å². The smallest absolute Gasteiger partial charge is 0.252 e. The van der Waals surface area contributed by atoms with Gasteiger partial charge in [-0.25, -0.2) is 8.42 Å². The standard InChI is InChI=1S/C19H20N2O3S2/c1-13-6-7-18(25-13)26(23,24)21-10-8-14(9-11-21)19(22)16-12-20-17-5-3-2-4-15(16)17/h2-7,12,14,20H,8-11H2,1H3. The lowest BCUT2D eigenvalue weighted by Gasteiger charge is -2.30. The van der Waals surface area contributed by atoms with Gasteiger partial charge in [-0.15, -0.1) is 11.3 Å². The number of hydrogen-bond acceptors (Lipinski definition) is 4. The SMILES string of the molecule is Cc1ccc(S(=O)(=O)N2CCC(C(=O)c3c[nH]c4ccccc34)CC2)s1. The molecule has 0 aliphatic carbocycles. The topological polar surface area (TPSA) is 70.2 Å². The average molecular weight is 389 g/mol. The Labute approximate surface area is 156 Å². The Kier molecular flexibility index (Phi) is 4.46. The lowest BCUT2D eigenvalue weighted by molar-refractivity contribution is 0.0877. The van der Waals surface area contributed by atoms with Crippen LogP contribution < -0.4 is 0 Å². The van der Waals surface area contributed by atoms with Gasteiger partial charge in [0.05, 0.1) is 0 Å². The normalized spacial score (nSPS) is 17.0. The summed E-state index contributed by atoms with van der Waals surface area (Å²) in [7, 11) is -3.44. The molecule has 1 fully saturated rings. The first kappa shape index (κ1) is 17.5. The number of piperidine rings is 1. The van der Waals surface area contributed by atoms with Gasteiger partial charge in [0.2, 0.25) is 0 Å². The third kappa shape index (κ3) is 3.00. The Hall–Kier alpha value is -1.96. The number of aryl methyl sites for hydroxylation is 1. The van der Waals surface area contributed by atoms with Crippen LogP contribution >= 0.6 is 11.3 Å². The first-order valence-electron chi connectivity index (χ1n) is 8.64. The summed E-state index contributed by atoms with van der Waals surface area (Å²) in [6.07, 6.45) is 2.88. The quantitative estimate of drug-likeness (QED) is 0.691. The summed E-state index contributed by atoms with van der Waals surface area (Å²) in [6.45, 7) is 2.67. The van der Waals surface area contributed by atoms with Gasteiger partial charge in [0, 0.05) is 46.5 Å². The molecule has 0 atom stereocenters. The van der Waals surface area contributed by atoms with E-state index in [2.05, 4.69) is 4.98 Å². The van der Waals surface area contributed by atoms with Crippen LogP contribution in [-0.4, -0.2) is 36.6 Å². The number of thiophene rings is 1. The third-order valence-electron chi connectivity index (χ3n) is 4.99. The van der Waals surface area contributed by atoms with Crippen LogP contribution in [0.2, 0.25) is 0 Å². The highest BCUT2D eigenvalue weighted by Gasteiger charge is 2.33. The van der Waals surface area contributed by atoms with Crippen molar-refractivity contribution in [3.05, 3.63) is 53.0 Å². The van der Waals surface area contributed by atoms with Crippen molar-refractivity contribution >= 4 is 38.0 Å². The van der Waals surface area contributed by atoms with Crippen LogP contribution in [0, 0.1) is 12.8 Å². The number of nitrogens with one attached hydrogen (secondary N) is 1. The number of nitrogens with zero attached hydrogens (tertiary/aromatic N) is 1. The van der Waals surface area contributed by atoms with Gasteiger partial charge in [0.15, 0.2) is 5.78 Å². The van der Waals surface area contributed by atoms with E-state index in [4.69, 9.17) is 0 Å². The van der Waals surface area contributed by atoms with Crippen molar-refractivity contribution in [1.29, 1.82) is 0 Å². The van der Waals surface area contributed by atoms with Crippen molar-refractivity contribution < 1.29 is 13.2 Å². The highest BCUT2D eigenvalue weighted by Crippen LogP contribution is 2.30. The number of para-hydroxylation sites is 1. The molecule has 1 aromatic carbocycles. The van der Waals surface area contributed by atoms with E-state index in [-0.39, 0.29) is 11.7 Å². The molecule has 0 spiro atoms. The Bertz CT molecular complexity index is 1060. The summed E-state index contributed by atoms with van der Waals surface area (Å²) < 4.78 is 27.4. The van der Waals surface area contributed by atoms with Crippen molar-refractivity contribution in [2.24, 2.45) is 5.92 Å². The molecule has 136 valence electrons. The molecular weight excluding hydrogens is 368 g/mol. The van der Waals surface area contributed by atoms with Crippen LogP contribution in [0.1, 0.15) is 28.1 Å². The maximum absolute atomic E-state index is 12.9. The van der Waals surface area contributed by atoms with Gasteiger partial charge in [-0.1, -0.05) is 18.2 Å². The second-order valence-corrected chi connectivity index (χ2v) is 10.1. The number of Topliss-reactive ketones (excluding diaryl/α,β-unsaturated/α-hetero) is 1. The minimum atomic E-state index is -3.44. The highest BCUT2D eigenvalue weighted by atomic mass is 32.2. The van der Waals surface area contributed by atoms with Crippen molar-refractivity contribution in [3.8, 4) is 0 Å². The molecule has 26 heavy (non-hydrogen) atoms. The number of carbonyl (C=O) groups excluding carboxylic acids is 1. The maximum atomic E-state index is 12.9. The molecule has 3 heterocycles. The van der Waals surface area contributed by atoms with Crippen LogP contribution in [-0.2, 0) is 10.0 Å². The number of rotatable bonds is 4. The third-order valence-corrected chi connectivity index (χ3v) is 8.36. The van der Waals surface area contributed by atoms with Crippen LogP contribution in [0.5, 0.6) is 0 Å². The first-order chi connectivity index (χ1) is 12.5. The molecule has 0 amide bonds. The van der Waals surface area contributed by atoms with Crippen LogP contribution in [0.25, 0.3) is 10.9 Å². The summed E-state index contributed by atoms with van der Waals surface area (Å²) >= 11 is 1.29. The molecule has 5 nitrogen and oxygen atoms in total. The van der Waals surface area contributed by atoms with Crippen molar-refractivity contribution in [1.82, 2.24) is 9.29 Å². The minimum absolute atomic E-state index is 0.103. The van der Waals surface area contributed by atoms with Gasteiger partial charge in [0.1, 0.15) is 4.21 Å². The fourth-order valence-corrected chi connectivity index (χ4v) is 6.44. The largest absolute Gasteiger partial charge is 0.360 e. The second kappa shape index (κ2) is 6.64. The van der Waals surface area contributed by atoms with E-state index < -0.39 is 10.0 Å². The Balaban J connectivity index is 1.49. The number of fused-ring (bicyclic) bond motifs is 1. The van der Waals surface area contributed by atoms with E-state index in [0.29, 0.717) is 35.7 Å².